The van der Waals surface area contributed by atoms with Crippen LogP contribution in [0.25, 0.3) is 0 Å². The summed E-state index contributed by atoms with van der Waals surface area (Å²) in [5, 5.41) is 9.53. The Morgan fingerprint density at radius 3 is 2.76 bits per heavy atom. The average Bonchev–Trinajstić information content (AvgIpc) is 2.85. The van der Waals surface area contributed by atoms with Crippen molar-refractivity contribution in [3.8, 4) is 6.07 Å². The molecule has 1 heterocycles. The Labute approximate surface area is 126 Å². The van der Waals surface area contributed by atoms with E-state index < -0.39 is 27.4 Å². The molecule has 1 aromatic carbocycles. The molecule has 0 aliphatic carbocycles. The van der Waals surface area contributed by atoms with Gasteiger partial charge in [-0.3, -0.25) is 0 Å². The lowest BCUT2D eigenvalue weighted by Gasteiger charge is -2.13. The van der Waals surface area contributed by atoms with Gasteiger partial charge >= 0.3 is 0 Å². The first kappa shape index (κ1) is 15.6. The summed E-state index contributed by atoms with van der Waals surface area (Å²) in [5.41, 5.74) is -0.493. The third-order valence-corrected chi connectivity index (χ3v) is 5.40. The zero-order valence-corrected chi connectivity index (χ0v) is 12.9. The molecule has 0 aliphatic rings. The monoisotopic (exact) mass is 325 g/mol. The maximum atomic E-state index is 13.5. The van der Waals surface area contributed by atoms with Crippen molar-refractivity contribution in [2.75, 3.05) is 0 Å². The number of sulfonamides is 1. The summed E-state index contributed by atoms with van der Waals surface area (Å²) in [6.07, 6.45) is 1.65. The number of benzene rings is 1. The number of nitrogens with one attached hydrogen (secondary N) is 1. The Balaban J connectivity index is 2.36. The van der Waals surface area contributed by atoms with Crippen molar-refractivity contribution in [3.05, 3.63) is 45.7 Å². The van der Waals surface area contributed by atoms with E-state index in [2.05, 4.69) is 9.71 Å². The fourth-order valence-electron chi connectivity index (χ4n) is 1.76. The van der Waals surface area contributed by atoms with Gasteiger partial charge in [-0.15, -0.1) is 11.3 Å². The van der Waals surface area contributed by atoms with E-state index >= 15 is 0 Å². The van der Waals surface area contributed by atoms with Crippen LogP contribution in [-0.4, -0.2) is 13.4 Å². The zero-order chi connectivity index (χ0) is 15.6. The highest BCUT2D eigenvalue weighted by molar-refractivity contribution is 7.89. The van der Waals surface area contributed by atoms with Crippen molar-refractivity contribution in [1.29, 1.82) is 5.26 Å². The number of nitriles is 1. The molecule has 1 unspecified atom stereocenters. The molecule has 1 N–H and O–H groups in total. The first-order valence-electron chi connectivity index (χ1n) is 5.98. The summed E-state index contributed by atoms with van der Waals surface area (Å²) in [7, 11) is -4.01. The average molecular weight is 325 g/mol. The largest absolute Gasteiger partial charge is 0.248 e. The molecule has 8 heteroatoms. The number of aromatic nitrogens is 1. The second kappa shape index (κ2) is 5.89. The van der Waals surface area contributed by atoms with Crippen LogP contribution in [0, 0.1) is 24.1 Å². The van der Waals surface area contributed by atoms with Crippen molar-refractivity contribution in [2.24, 2.45) is 0 Å². The number of thiazole rings is 1. The molecule has 0 bridgehead atoms. The predicted octanol–water partition coefficient (Wildman–Crippen LogP) is 2.50. The van der Waals surface area contributed by atoms with Gasteiger partial charge in [0.25, 0.3) is 0 Å². The number of hydrogen-bond donors (Lipinski definition) is 1. The van der Waals surface area contributed by atoms with Gasteiger partial charge in [-0.25, -0.2) is 22.5 Å². The summed E-state index contributed by atoms with van der Waals surface area (Å²) in [4.78, 5) is 4.69. The summed E-state index contributed by atoms with van der Waals surface area (Å²) < 4.78 is 40.5. The van der Waals surface area contributed by atoms with Crippen LogP contribution in [0.4, 0.5) is 4.39 Å². The molecular formula is C13H12FN3O2S2. The standard InChI is InChI=1S/C13H12FN3O2S2/c1-8-7-16-13(20-8)9(2)17-21(18,19)12-5-3-4-11(14)10(12)6-15/h3-5,7,9,17H,1-2H3. The van der Waals surface area contributed by atoms with Crippen molar-refractivity contribution in [3.63, 3.8) is 0 Å². The predicted molar refractivity (Wildman–Crippen MR) is 76.7 cm³/mol. The van der Waals surface area contributed by atoms with E-state index in [1.807, 2.05) is 6.92 Å². The molecule has 0 spiro atoms. The number of aryl methyl sites for hydroxylation is 1. The van der Waals surface area contributed by atoms with Gasteiger partial charge in [0.1, 0.15) is 27.4 Å². The normalized spacial score (nSPS) is 12.9. The van der Waals surface area contributed by atoms with E-state index in [9.17, 15) is 12.8 Å². The number of rotatable bonds is 4. The smallest absolute Gasteiger partial charge is 0.242 e. The zero-order valence-electron chi connectivity index (χ0n) is 11.3. The highest BCUT2D eigenvalue weighted by Gasteiger charge is 2.24. The summed E-state index contributed by atoms with van der Waals surface area (Å²) in [5.74, 6) is -0.863. The fraction of sp³-hybridized carbons (Fsp3) is 0.231. The molecule has 0 radical (unpaired) electrons. The van der Waals surface area contributed by atoms with Crippen LogP contribution in [0.5, 0.6) is 0 Å². The molecule has 2 aromatic rings. The highest BCUT2D eigenvalue weighted by atomic mass is 32.2. The molecule has 0 amide bonds. The van der Waals surface area contributed by atoms with Crippen molar-refractivity contribution < 1.29 is 12.8 Å². The van der Waals surface area contributed by atoms with Crippen LogP contribution in [0.1, 0.15) is 28.4 Å². The fourth-order valence-corrected chi connectivity index (χ4v) is 3.98. The molecule has 2 rings (SSSR count). The van der Waals surface area contributed by atoms with Gasteiger partial charge in [0.15, 0.2) is 0 Å². The Hall–Kier alpha value is -1.82. The summed E-state index contributed by atoms with van der Waals surface area (Å²) in [6, 6.07) is 4.51. The van der Waals surface area contributed by atoms with Gasteiger partial charge in [-0.05, 0) is 26.0 Å². The van der Waals surface area contributed by atoms with E-state index in [0.29, 0.717) is 5.01 Å². The van der Waals surface area contributed by atoms with E-state index in [-0.39, 0.29) is 4.90 Å². The van der Waals surface area contributed by atoms with Gasteiger partial charge in [0, 0.05) is 11.1 Å². The van der Waals surface area contributed by atoms with Crippen LogP contribution in [0.2, 0.25) is 0 Å². The van der Waals surface area contributed by atoms with Crippen molar-refractivity contribution >= 4 is 21.4 Å². The van der Waals surface area contributed by atoms with Gasteiger partial charge in [-0.1, -0.05) is 6.07 Å². The summed E-state index contributed by atoms with van der Waals surface area (Å²) >= 11 is 1.37. The lowest BCUT2D eigenvalue weighted by atomic mass is 10.2. The third kappa shape index (κ3) is 3.26. The first-order chi connectivity index (χ1) is 9.85. The van der Waals surface area contributed by atoms with Crippen molar-refractivity contribution in [1.82, 2.24) is 9.71 Å². The van der Waals surface area contributed by atoms with Crippen LogP contribution in [0.3, 0.4) is 0 Å². The van der Waals surface area contributed by atoms with Crippen molar-refractivity contribution in [2.45, 2.75) is 24.8 Å². The minimum absolute atomic E-state index is 0.370. The quantitative estimate of drug-likeness (QED) is 0.936. The molecule has 0 saturated carbocycles. The second-order valence-corrected chi connectivity index (χ2v) is 7.33. The van der Waals surface area contributed by atoms with Crippen LogP contribution < -0.4 is 4.72 Å². The lowest BCUT2D eigenvalue weighted by molar-refractivity contribution is 0.562. The first-order valence-corrected chi connectivity index (χ1v) is 8.28. The molecule has 5 nitrogen and oxygen atoms in total. The number of hydrogen-bond acceptors (Lipinski definition) is 5. The van der Waals surface area contributed by atoms with Crippen LogP contribution in [-0.2, 0) is 10.0 Å². The Bertz CT molecular complexity index is 809. The van der Waals surface area contributed by atoms with E-state index in [0.717, 1.165) is 10.9 Å². The van der Waals surface area contributed by atoms with Gasteiger partial charge in [-0.2, -0.15) is 5.26 Å². The molecule has 1 aromatic heterocycles. The SMILES string of the molecule is Cc1cnc(C(C)NS(=O)(=O)c2cccc(F)c2C#N)s1. The molecule has 0 fully saturated rings. The van der Waals surface area contributed by atoms with E-state index in [4.69, 9.17) is 5.26 Å². The Morgan fingerprint density at radius 2 is 2.19 bits per heavy atom. The molecule has 1 atom stereocenters. The maximum Gasteiger partial charge on any atom is 0.242 e. The van der Waals surface area contributed by atoms with Crippen LogP contribution in [0.15, 0.2) is 29.3 Å². The van der Waals surface area contributed by atoms with Gasteiger partial charge in [0.05, 0.1) is 6.04 Å². The lowest BCUT2D eigenvalue weighted by Crippen LogP contribution is -2.27. The van der Waals surface area contributed by atoms with Gasteiger partial charge < -0.3 is 0 Å². The molecule has 0 aliphatic heterocycles. The molecular weight excluding hydrogens is 313 g/mol. The topological polar surface area (TPSA) is 82.8 Å². The minimum Gasteiger partial charge on any atom is -0.248 e. The Kier molecular flexibility index (Phi) is 4.37. The minimum atomic E-state index is -4.01. The van der Waals surface area contributed by atoms with E-state index in [1.165, 1.54) is 23.5 Å². The molecule has 21 heavy (non-hydrogen) atoms. The van der Waals surface area contributed by atoms with Gasteiger partial charge in [0.2, 0.25) is 10.0 Å². The van der Waals surface area contributed by atoms with Crippen LogP contribution >= 0.6 is 11.3 Å². The maximum absolute atomic E-state index is 13.5. The second-order valence-electron chi connectivity index (χ2n) is 4.38. The van der Waals surface area contributed by atoms with E-state index in [1.54, 1.807) is 19.2 Å². The summed E-state index contributed by atoms with van der Waals surface area (Å²) in [6.45, 7) is 3.50. The third-order valence-electron chi connectivity index (χ3n) is 2.72. The Morgan fingerprint density at radius 1 is 1.48 bits per heavy atom. The molecule has 110 valence electrons. The molecule has 0 saturated heterocycles. The highest BCUT2D eigenvalue weighted by Crippen LogP contribution is 2.23. The number of halogens is 1. The number of nitrogens with zero attached hydrogens (tertiary/aromatic N) is 2.